The molecule has 6 heteroatoms. The number of esters is 3. The molecule has 0 saturated heterocycles. The SMILES string of the molecule is CC/C=C\C/C=C\C/C=C\C/C=C\C/C=C\C/C=C\CCC(=O)OC(COC(=O)CCCCCCC/C=C\C/C=C\CCCCC)COC(=O)CCCCCCCCCCCCCC/C=C\C/C=C\C/C=C\CCCCCCC. The Hall–Kier alpha value is -4.45. The van der Waals surface area contributed by atoms with E-state index in [1.165, 1.54) is 128 Å². The topological polar surface area (TPSA) is 78.9 Å². The molecule has 79 heavy (non-hydrogen) atoms. The average Bonchev–Trinajstić information content (AvgIpc) is 3.45. The molecule has 0 radical (unpaired) electrons. The van der Waals surface area contributed by atoms with Crippen LogP contribution < -0.4 is 0 Å². The fourth-order valence-corrected chi connectivity index (χ4v) is 8.74. The van der Waals surface area contributed by atoms with Gasteiger partial charge in [0.2, 0.25) is 0 Å². The van der Waals surface area contributed by atoms with Crippen molar-refractivity contribution in [2.75, 3.05) is 13.2 Å². The summed E-state index contributed by atoms with van der Waals surface area (Å²) < 4.78 is 16.8. The smallest absolute Gasteiger partial charge is 0.306 e. The van der Waals surface area contributed by atoms with Crippen LogP contribution in [-0.2, 0) is 28.6 Å². The van der Waals surface area contributed by atoms with Crippen molar-refractivity contribution >= 4 is 17.9 Å². The first-order valence-electron chi connectivity index (χ1n) is 32.7. The van der Waals surface area contributed by atoms with Gasteiger partial charge in [0.1, 0.15) is 13.2 Å². The summed E-state index contributed by atoms with van der Waals surface area (Å²) in [5, 5.41) is 0. The van der Waals surface area contributed by atoms with Crippen LogP contribution in [0.4, 0.5) is 0 Å². The van der Waals surface area contributed by atoms with E-state index in [0.717, 1.165) is 116 Å². The summed E-state index contributed by atoms with van der Waals surface area (Å²) in [6, 6.07) is 0. The van der Waals surface area contributed by atoms with Crippen molar-refractivity contribution in [3.05, 3.63) is 134 Å². The molecule has 1 unspecified atom stereocenters. The highest BCUT2D eigenvalue weighted by atomic mass is 16.6. The van der Waals surface area contributed by atoms with Crippen molar-refractivity contribution in [1.82, 2.24) is 0 Å². The van der Waals surface area contributed by atoms with E-state index >= 15 is 0 Å². The van der Waals surface area contributed by atoms with Gasteiger partial charge in [-0.15, -0.1) is 0 Å². The highest BCUT2D eigenvalue weighted by Gasteiger charge is 2.19. The van der Waals surface area contributed by atoms with Crippen LogP contribution >= 0.6 is 0 Å². The monoisotopic (exact) mass is 1090 g/mol. The lowest BCUT2D eigenvalue weighted by Crippen LogP contribution is -2.30. The summed E-state index contributed by atoms with van der Waals surface area (Å²) in [4.78, 5) is 38.3. The summed E-state index contributed by atoms with van der Waals surface area (Å²) in [7, 11) is 0. The van der Waals surface area contributed by atoms with Gasteiger partial charge in [0.25, 0.3) is 0 Å². The third-order valence-corrected chi connectivity index (χ3v) is 13.6. The van der Waals surface area contributed by atoms with Crippen LogP contribution in [-0.4, -0.2) is 37.2 Å². The second-order valence-electron chi connectivity index (χ2n) is 21.3. The summed E-state index contributed by atoms with van der Waals surface area (Å²) in [5.74, 6) is -1.02. The van der Waals surface area contributed by atoms with E-state index in [0.29, 0.717) is 19.3 Å². The van der Waals surface area contributed by atoms with Crippen LogP contribution in [0.3, 0.4) is 0 Å². The zero-order valence-electron chi connectivity index (χ0n) is 51.3. The Balaban J connectivity index is 4.43. The maximum Gasteiger partial charge on any atom is 0.306 e. The van der Waals surface area contributed by atoms with Gasteiger partial charge in [-0.1, -0.05) is 276 Å². The third-order valence-electron chi connectivity index (χ3n) is 13.6. The third kappa shape index (κ3) is 64.3. The van der Waals surface area contributed by atoms with E-state index in [9.17, 15) is 14.4 Å². The molecular weight excluding hydrogens is 973 g/mol. The Labute approximate surface area is 487 Å². The average molecular weight is 1090 g/mol. The minimum Gasteiger partial charge on any atom is -0.462 e. The minimum absolute atomic E-state index is 0.117. The Bertz CT molecular complexity index is 1680. The first-order valence-corrected chi connectivity index (χ1v) is 32.7. The molecule has 0 saturated carbocycles. The molecule has 0 aromatic carbocycles. The van der Waals surface area contributed by atoms with Crippen molar-refractivity contribution in [3.8, 4) is 0 Å². The molecule has 0 heterocycles. The van der Waals surface area contributed by atoms with E-state index in [2.05, 4.69) is 148 Å². The molecule has 0 N–H and O–H groups in total. The van der Waals surface area contributed by atoms with E-state index in [1.54, 1.807) is 0 Å². The molecule has 0 aliphatic heterocycles. The molecular formula is C73H120O6. The molecule has 0 bridgehead atoms. The largest absolute Gasteiger partial charge is 0.462 e. The van der Waals surface area contributed by atoms with Gasteiger partial charge in [0.05, 0.1) is 0 Å². The number of carbonyl (C=O) groups excluding carboxylic acids is 3. The van der Waals surface area contributed by atoms with Crippen molar-refractivity contribution in [3.63, 3.8) is 0 Å². The van der Waals surface area contributed by atoms with Gasteiger partial charge in [-0.05, 0) is 128 Å². The fourth-order valence-electron chi connectivity index (χ4n) is 8.74. The second kappa shape index (κ2) is 66.1. The quantitative estimate of drug-likeness (QED) is 0.0261. The lowest BCUT2D eigenvalue weighted by molar-refractivity contribution is -0.166. The van der Waals surface area contributed by atoms with Crippen LogP contribution in [0.15, 0.2) is 134 Å². The molecule has 0 amide bonds. The van der Waals surface area contributed by atoms with Crippen molar-refractivity contribution < 1.29 is 28.6 Å². The van der Waals surface area contributed by atoms with Gasteiger partial charge in [-0.2, -0.15) is 0 Å². The van der Waals surface area contributed by atoms with Crippen LogP contribution in [0.1, 0.15) is 290 Å². The standard InChI is InChI=1S/C73H120O6/c1-4-7-10-13-16-19-22-25-28-30-32-33-34-35-36-37-38-39-41-42-45-48-51-54-57-60-63-66-72(75)78-69-70(68-77-71(74)65-62-59-56-53-50-47-44-27-24-21-18-15-12-9-6-3)79-73(76)67-64-61-58-55-52-49-46-43-40-31-29-26-23-20-17-14-11-8-5-2/h8,11,17-18,20-22,25-27,29-30,32,34-35,40,43-44,49,52,58,61,70H,4-7,9-10,12-16,19,23-24,28,31,33,36-39,41-42,45-48,50-51,53-57,59-60,62-69H2,1-3H3/b11-8-,20-17-,21-18-,25-22-,29-26-,32-30-,35-34-,43-40-,44-27-,52-49-,61-58-. The molecule has 0 rings (SSSR count). The molecule has 1 atom stereocenters. The van der Waals surface area contributed by atoms with Gasteiger partial charge < -0.3 is 14.2 Å². The van der Waals surface area contributed by atoms with E-state index < -0.39 is 12.1 Å². The lowest BCUT2D eigenvalue weighted by atomic mass is 10.0. The lowest BCUT2D eigenvalue weighted by Gasteiger charge is -2.18. The Morgan fingerprint density at radius 2 is 0.519 bits per heavy atom. The van der Waals surface area contributed by atoms with Gasteiger partial charge in [-0.3, -0.25) is 14.4 Å². The predicted octanol–water partition coefficient (Wildman–Crippen LogP) is 22.5. The maximum absolute atomic E-state index is 12.9. The molecule has 0 aliphatic rings. The highest BCUT2D eigenvalue weighted by Crippen LogP contribution is 2.15. The van der Waals surface area contributed by atoms with Crippen LogP contribution in [0.25, 0.3) is 0 Å². The van der Waals surface area contributed by atoms with Gasteiger partial charge in [0, 0.05) is 19.3 Å². The Morgan fingerprint density at radius 3 is 0.848 bits per heavy atom. The zero-order chi connectivity index (χ0) is 57.1. The van der Waals surface area contributed by atoms with Crippen molar-refractivity contribution in [2.24, 2.45) is 0 Å². The number of ether oxygens (including phenoxy) is 3. The maximum atomic E-state index is 12.9. The second-order valence-corrected chi connectivity index (χ2v) is 21.3. The van der Waals surface area contributed by atoms with Crippen molar-refractivity contribution in [2.45, 2.75) is 297 Å². The van der Waals surface area contributed by atoms with E-state index in [-0.39, 0.29) is 31.6 Å². The molecule has 0 aromatic heterocycles. The first-order chi connectivity index (χ1) is 39.0. The number of rotatable bonds is 58. The molecule has 0 fully saturated rings. The molecule has 0 aliphatic carbocycles. The number of allylic oxidation sites excluding steroid dienone is 22. The minimum atomic E-state index is -0.831. The number of hydrogen-bond donors (Lipinski definition) is 0. The zero-order valence-corrected chi connectivity index (χ0v) is 51.3. The van der Waals surface area contributed by atoms with E-state index in [4.69, 9.17) is 14.2 Å². The van der Waals surface area contributed by atoms with E-state index in [1.807, 2.05) is 6.08 Å². The number of carbonyl (C=O) groups is 3. The van der Waals surface area contributed by atoms with Crippen molar-refractivity contribution in [1.29, 1.82) is 0 Å². The number of hydrogen-bond acceptors (Lipinski definition) is 6. The fraction of sp³-hybridized carbons (Fsp3) is 0.658. The predicted molar refractivity (Wildman–Crippen MR) is 343 cm³/mol. The summed E-state index contributed by atoms with van der Waals surface area (Å²) >= 11 is 0. The highest BCUT2D eigenvalue weighted by molar-refractivity contribution is 5.71. The van der Waals surface area contributed by atoms with Crippen LogP contribution in [0, 0.1) is 0 Å². The summed E-state index contributed by atoms with van der Waals surface area (Å²) in [6.07, 6.45) is 93.3. The molecule has 0 spiro atoms. The first kappa shape index (κ1) is 74.5. The van der Waals surface area contributed by atoms with Gasteiger partial charge >= 0.3 is 17.9 Å². The molecule has 6 nitrogen and oxygen atoms in total. The number of unbranched alkanes of at least 4 members (excludes halogenated alkanes) is 25. The van der Waals surface area contributed by atoms with Crippen LogP contribution in [0.2, 0.25) is 0 Å². The van der Waals surface area contributed by atoms with Gasteiger partial charge in [0.15, 0.2) is 6.10 Å². The molecule has 448 valence electrons. The summed E-state index contributed by atoms with van der Waals surface area (Å²) in [6.45, 7) is 6.42. The Kier molecular flexibility index (Phi) is 62.3. The Morgan fingerprint density at radius 1 is 0.266 bits per heavy atom. The molecule has 0 aromatic rings. The van der Waals surface area contributed by atoms with Crippen LogP contribution in [0.5, 0.6) is 0 Å². The summed E-state index contributed by atoms with van der Waals surface area (Å²) in [5.41, 5.74) is 0. The van der Waals surface area contributed by atoms with Gasteiger partial charge in [-0.25, -0.2) is 0 Å². The normalized spacial score (nSPS) is 13.0.